The minimum atomic E-state index is -0.351. The van der Waals surface area contributed by atoms with E-state index in [0.29, 0.717) is 16.7 Å². The normalized spacial score (nSPS) is 16.0. The van der Waals surface area contributed by atoms with Gasteiger partial charge in [0.1, 0.15) is 17.7 Å². The summed E-state index contributed by atoms with van der Waals surface area (Å²) in [6, 6.07) is 4.14. The van der Waals surface area contributed by atoms with E-state index < -0.39 is 0 Å². The summed E-state index contributed by atoms with van der Waals surface area (Å²) in [6.07, 6.45) is 4.77. The van der Waals surface area contributed by atoms with E-state index in [-0.39, 0.29) is 11.9 Å². The lowest BCUT2D eigenvalue weighted by atomic mass is 10.1. The molecule has 1 aliphatic rings. The number of benzene rings is 1. The predicted octanol–water partition coefficient (Wildman–Crippen LogP) is 2.71. The molecular formula is C14H14ClFN4O. The molecule has 1 aliphatic heterocycles. The molecule has 0 radical (unpaired) electrons. The van der Waals surface area contributed by atoms with E-state index in [1.54, 1.807) is 12.4 Å². The van der Waals surface area contributed by atoms with Gasteiger partial charge in [-0.2, -0.15) is 5.10 Å². The largest absolute Gasteiger partial charge is 0.489 e. The number of halogens is 2. The summed E-state index contributed by atoms with van der Waals surface area (Å²) in [5.41, 5.74) is 0. The lowest BCUT2D eigenvalue weighted by Gasteiger charge is -2.31. The Labute approximate surface area is 126 Å². The van der Waals surface area contributed by atoms with Crippen molar-refractivity contribution in [3.05, 3.63) is 41.4 Å². The van der Waals surface area contributed by atoms with Gasteiger partial charge in [0.05, 0.1) is 17.4 Å². The molecule has 2 aromatic rings. The third-order valence-corrected chi connectivity index (χ3v) is 3.69. The summed E-state index contributed by atoms with van der Waals surface area (Å²) < 4.78 is 19.0. The quantitative estimate of drug-likeness (QED) is 0.872. The van der Waals surface area contributed by atoms with Gasteiger partial charge in [-0.05, 0) is 12.1 Å². The Balaban J connectivity index is 1.60. The highest BCUT2D eigenvalue weighted by Gasteiger charge is 2.23. The average molecular weight is 309 g/mol. The third kappa shape index (κ3) is 3.39. The van der Waals surface area contributed by atoms with Crippen LogP contribution in [-0.4, -0.2) is 34.4 Å². The van der Waals surface area contributed by atoms with Crippen molar-refractivity contribution in [3.8, 4) is 5.75 Å². The van der Waals surface area contributed by atoms with Gasteiger partial charge in [0.25, 0.3) is 0 Å². The summed E-state index contributed by atoms with van der Waals surface area (Å²) in [4.78, 5) is 6.23. The Hall–Kier alpha value is -1.95. The van der Waals surface area contributed by atoms with Crippen LogP contribution in [-0.2, 0) is 0 Å². The highest BCUT2D eigenvalue weighted by Crippen LogP contribution is 2.28. The smallest absolute Gasteiger partial charge is 0.245 e. The minimum absolute atomic E-state index is 0.0113. The van der Waals surface area contributed by atoms with E-state index in [2.05, 4.69) is 20.1 Å². The molecule has 0 bridgehead atoms. The van der Waals surface area contributed by atoms with Gasteiger partial charge in [0.15, 0.2) is 0 Å². The molecule has 0 aliphatic carbocycles. The van der Waals surface area contributed by atoms with Crippen LogP contribution in [0.15, 0.2) is 30.6 Å². The van der Waals surface area contributed by atoms with Crippen LogP contribution in [0.2, 0.25) is 5.02 Å². The van der Waals surface area contributed by atoms with Gasteiger partial charge in [0.2, 0.25) is 5.95 Å². The number of nitrogens with zero attached hydrogens (tertiary/aromatic N) is 4. The van der Waals surface area contributed by atoms with Crippen LogP contribution in [0.5, 0.6) is 5.75 Å². The Morgan fingerprint density at radius 2 is 2.05 bits per heavy atom. The number of piperidine rings is 1. The van der Waals surface area contributed by atoms with Crippen LogP contribution in [0.25, 0.3) is 0 Å². The highest BCUT2D eigenvalue weighted by atomic mass is 35.5. The number of hydrogen-bond donors (Lipinski definition) is 0. The van der Waals surface area contributed by atoms with Gasteiger partial charge in [-0.25, -0.2) is 9.37 Å². The van der Waals surface area contributed by atoms with Crippen LogP contribution in [0, 0.1) is 5.82 Å². The first-order chi connectivity index (χ1) is 10.2. The fraction of sp³-hybridized carbons (Fsp3) is 0.357. The van der Waals surface area contributed by atoms with E-state index in [1.807, 2.05) is 0 Å². The van der Waals surface area contributed by atoms with Crippen molar-refractivity contribution in [2.24, 2.45) is 0 Å². The zero-order valence-corrected chi connectivity index (χ0v) is 12.0. The van der Waals surface area contributed by atoms with Crippen LogP contribution in [0.3, 0.4) is 0 Å². The molecule has 0 spiro atoms. The second-order valence-corrected chi connectivity index (χ2v) is 5.23. The summed E-state index contributed by atoms with van der Waals surface area (Å²) in [7, 11) is 0. The zero-order valence-electron chi connectivity index (χ0n) is 11.2. The van der Waals surface area contributed by atoms with E-state index in [0.717, 1.165) is 25.9 Å². The molecule has 2 heterocycles. The molecule has 1 fully saturated rings. The number of anilines is 1. The molecule has 7 heteroatoms. The maximum absolute atomic E-state index is 13.2. The molecule has 110 valence electrons. The summed E-state index contributed by atoms with van der Waals surface area (Å²) in [5, 5.41) is 8.24. The van der Waals surface area contributed by atoms with E-state index in [9.17, 15) is 4.39 Å². The van der Waals surface area contributed by atoms with Crippen LogP contribution < -0.4 is 9.64 Å². The molecule has 1 aromatic heterocycles. The first-order valence-electron chi connectivity index (χ1n) is 6.73. The Bertz CT molecular complexity index is 605. The molecule has 5 nitrogen and oxygen atoms in total. The van der Waals surface area contributed by atoms with Gasteiger partial charge >= 0.3 is 0 Å². The van der Waals surface area contributed by atoms with Crippen molar-refractivity contribution in [2.45, 2.75) is 18.9 Å². The fourth-order valence-electron chi connectivity index (χ4n) is 2.31. The monoisotopic (exact) mass is 308 g/mol. The number of aromatic nitrogens is 3. The van der Waals surface area contributed by atoms with Crippen LogP contribution in [0.1, 0.15) is 12.8 Å². The van der Waals surface area contributed by atoms with Crippen molar-refractivity contribution in [2.75, 3.05) is 18.0 Å². The molecule has 0 N–H and O–H groups in total. The second kappa shape index (κ2) is 6.22. The second-order valence-electron chi connectivity index (χ2n) is 4.82. The van der Waals surface area contributed by atoms with Gasteiger partial charge in [-0.3, -0.25) is 0 Å². The maximum Gasteiger partial charge on any atom is 0.245 e. The lowest BCUT2D eigenvalue weighted by molar-refractivity contribution is 0.170. The maximum atomic E-state index is 13.2. The van der Waals surface area contributed by atoms with E-state index in [4.69, 9.17) is 16.3 Å². The molecule has 0 atom stereocenters. The van der Waals surface area contributed by atoms with Gasteiger partial charge in [0, 0.05) is 32.0 Å². The van der Waals surface area contributed by atoms with E-state index in [1.165, 1.54) is 18.2 Å². The highest BCUT2D eigenvalue weighted by molar-refractivity contribution is 6.32. The third-order valence-electron chi connectivity index (χ3n) is 3.38. The van der Waals surface area contributed by atoms with Crippen molar-refractivity contribution < 1.29 is 9.13 Å². The Morgan fingerprint density at radius 1 is 1.24 bits per heavy atom. The van der Waals surface area contributed by atoms with E-state index >= 15 is 0 Å². The minimum Gasteiger partial charge on any atom is -0.489 e. The Morgan fingerprint density at radius 3 is 2.76 bits per heavy atom. The predicted molar refractivity (Wildman–Crippen MR) is 77.1 cm³/mol. The molecular weight excluding hydrogens is 295 g/mol. The molecule has 1 aromatic carbocycles. The van der Waals surface area contributed by atoms with Crippen LogP contribution >= 0.6 is 11.6 Å². The first kappa shape index (κ1) is 14.0. The Kier molecular flexibility index (Phi) is 4.15. The summed E-state index contributed by atoms with van der Waals surface area (Å²) in [6.45, 7) is 1.53. The summed E-state index contributed by atoms with van der Waals surface area (Å²) >= 11 is 6.01. The molecule has 3 rings (SSSR count). The summed E-state index contributed by atoms with van der Waals surface area (Å²) in [5.74, 6) is 0.670. The number of hydrogen-bond acceptors (Lipinski definition) is 5. The standard InChI is InChI=1S/C14H14ClFN4O/c15-12-2-1-10(16)9-13(12)21-11-3-7-20(8-4-11)14-17-5-6-18-19-14/h1-2,5-6,9,11H,3-4,7-8H2. The number of rotatable bonds is 3. The van der Waals surface area contributed by atoms with Gasteiger partial charge < -0.3 is 9.64 Å². The van der Waals surface area contributed by atoms with Crippen molar-refractivity contribution in [1.82, 2.24) is 15.2 Å². The van der Waals surface area contributed by atoms with Gasteiger partial charge in [-0.1, -0.05) is 11.6 Å². The topological polar surface area (TPSA) is 51.1 Å². The van der Waals surface area contributed by atoms with Crippen molar-refractivity contribution in [1.29, 1.82) is 0 Å². The molecule has 1 saturated heterocycles. The number of ether oxygens (including phenoxy) is 1. The molecule has 21 heavy (non-hydrogen) atoms. The van der Waals surface area contributed by atoms with Crippen molar-refractivity contribution >= 4 is 17.5 Å². The molecule has 0 amide bonds. The molecule has 0 unspecified atom stereocenters. The van der Waals surface area contributed by atoms with Gasteiger partial charge in [-0.15, -0.1) is 5.10 Å². The SMILES string of the molecule is Fc1ccc(Cl)c(OC2CCN(c3nccnn3)CC2)c1. The van der Waals surface area contributed by atoms with Crippen molar-refractivity contribution in [3.63, 3.8) is 0 Å². The first-order valence-corrected chi connectivity index (χ1v) is 7.10. The lowest BCUT2D eigenvalue weighted by Crippen LogP contribution is -2.39. The zero-order chi connectivity index (χ0) is 14.7. The average Bonchev–Trinajstić information content (AvgIpc) is 2.53. The fourth-order valence-corrected chi connectivity index (χ4v) is 2.47. The van der Waals surface area contributed by atoms with Crippen LogP contribution in [0.4, 0.5) is 10.3 Å². The molecule has 0 saturated carbocycles.